The third-order valence-electron chi connectivity index (χ3n) is 4.30. The number of rotatable bonds is 3. The molecule has 0 bridgehead atoms. The Morgan fingerprint density at radius 3 is 2.04 bits per heavy atom. The molecule has 0 saturated carbocycles. The maximum Gasteiger partial charge on any atom is 0.146 e. The van der Waals surface area contributed by atoms with Crippen molar-refractivity contribution in [2.24, 2.45) is 0 Å². The molecule has 0 aliphatic rings. The highest BCUT2D eigenvalue weighted by molar-refractivity contribution is 6.09. The summed E-state index contributed by atoms with van der Waals surface area (Å²) >= 11 is 5.36. The van der Waals surface area contributed by atoms with Crippen LogP contribution in [0.3, 0.4) is 0 Å². The Kier molecular flexibility index (Phi) is 4.12. The van der Waals surface area contributed by atoms with Crippen molar-refractivity contribution in [2.45, 2.75) is 6.92 Å². The number of hydrogen-bond donors (Lipinski definition) is 0. The topological polar surface area (TPSA) is 22.1 Å². The van der Waals surface area contributed by atoms with Crippen molar-refractivity contribution in [3.8, 4) is 28.1 Å². The number of nitrogens with zero attached hydrogens (tertiary/aromatic N) is 1. The maximum atomic E-state index is 5.36. The monoisotopic (exact) mass is 345 g/mol. The zero-order valence-electron chi connectivity index (χ0n) is 13.7. The van der Waals surface area contributed by atoms with Gasteiger partial charge in [0.15, 0.2) is 0 Å². The van der Waals surface area contributed by atoms with E-state index in [0.29, 0.717) is 5.75 Å². The number of aryl methyl sites for hydroxylation is 1. The van der Waals surface area contributed by atoms with Crippen LogP contribution in [-0.4, -0.2) is 4.98 Å². The predicted molar refractivity (Wildman–Crippen MR) is 104 cm³/mol. The molecule has 0 spiro atoms. The van der Waals surface area contributed by atoms with E-state index in [1.54, 1.807) is 0 Å². The average molecular weight is 346 g/mol. The van der Waals surface area contributed by atoms with Gasteiger partial charge in [-0.25, -0.2) is 4.98 Å². The first-order valence-corrected chi connectivity index (χ1v) is 8.41. The fourth-order valence-corrected chi connectivity index (χ4v) is 3.04. The van der Waals surface area contributed by atoms with Crippen molar-refractivity contribution in [1.82, 2.24) is 4.98 Å². The van der Waals surface area contributed by atoms with Gasteiger partial charge in [0.2, 0.25) is 0 Å². The van der Waals surface area contributed by atoms with Gasteiger partial charge in [-0.3, -0.25) is 0 Å². The van der Waals surface area contributed by atoms with Crippen molar-refractivity contribution < 1.29 is 4.29 Å². The van der Waals surface area contributed by atoms with E-state index in [0.717, 1.165) is 27.9 Å². The number of hydrogen-bond acceptors (Lipinski definition) is 2. The first kappa shape index (κ1) is 15.7. The molecular formula is C22H16ClNO. The van der Waals surface area contributed by atoms with Gasteiger partial charge in [-0.15, -0.1) is 0 Å². The van der Waals surface area contributed by atoms with Gasteiger partial charge in [-0.2, -0.15) is 0 Å². The third kappa shape index (κ3) is 3.21. The molecule has 122 valence electrons. The summed E-state index contributed by atoms with van der Waals surface area (Å²) in [6, 6.07) is 26.6. The lowest BCUT2D eigenvalue weighted by Crippen LogP contribution is -1.86. The molecule has 1 aromatic heterocycles. The Balaban J connectivity index is 1.66. The van der Waals surface area contributed by atoms with Gasteiger partial charge in [-0.1, -0.05) is 54.1 Å². The summed E-state index contributed by atoms with van der Waals surface area (Å²) in [5.74, 6) is 0.637. The van der Waals surface area contributed by atoms with Crippen LogP contribution in [0.2, 0.25) is 0 Å². The van der Waals surface area contributed by atoms with Crippen LogP contribution in [0.15, 0.2) is 78.9 Å². The van der Waals surface area contributed by atoms with Gasteiger partial charge in [0.25, 0.3) is 0 Å². The summed E-state index contributed by atoms with van der Waals surface area (Å²) in [5, 5.41) is 1.17. The number of benzene rings is 3. The van der Waals surface area contributed by atoms with Crippen LogP contribution in [0.4, 0.5) is 0 Å². The molecule has 2 nitrogen and oxygen atoms in total. The molecule has 0 amide bonds. The molecule has 0 fully saturated rings. The molecule has 4 rings (SSSR count). The second kappa shape index (κ2) is 6.58. The van der Waals surface area contributed by atoms with E-state index >= 15 is 0 Å². The van der Waals surface area contributed by atoms with Crippen LogP contribution >= 0.6 is 11.9 Å². The Morgan fingerprint density at radius 2 is 1.36 bits per heavy atom. The van der Waals surface area contributed by atoms with E-state index in [9.17, 15) is 0 Å². The standard InChI is InChI=1S/C22H16ClNO/c1-15-2-12-22-19(14-15)9-13-21(24-22)18-5-3-16(4-6-18)17-7-10-20(25-23)11-8-17/h2-14H,1H3. The van der Waals surface area contributed by atoms with E-state index in [1.807, 2.05) is 24.3 Å². The maximum absolute atomic E-state index is 5.36. The smallest absolute Gasteiger partial charge is 0.146 e. The van der Waals surface area contributed by atoms with Crippen LogP contribution in [0.1, 0.15) is 5.56 Å². The fraction of sp³-hybridized carbons (Fsp3) is 0.0455. The minimum atomic E-state index is 0.637. The summed E-state index contributed by atoms with van der Waals surface area (Å²) < 4.78 is 4.69. The van der Waals surface area contributed by atoms with Crippen molar-refractivity contribution in [3.63, 3.8) is 0 Å². The van der Waals surface area contributed by atoms with Crippen LogP contribution in [0, 0.1) is 6.92 Å². The highest BCUT2D eigenvalue weighted by Crippen LogP contribution is 2.27. The van der Waals surface area contributed by atoms with E-state index < -0.39 is 0 Å². The van der Waals surface area contributed by atoms with Gasteiger partial charge >= 0.3 is 0 Å². The average Bonchev–Trinajstić information content (AvgIpc) is 2.68. The lowest BCUT2D eigenvalue weighted by molar-refractivity contribution is 0.619. The highest BCUT2D eigenvalue weighted by atomic mass is 35.5. The van der Waals surface area contributed by atoms with Gasteiger partial charge < -0.3 is 4.29 Å². The number of fused-ring (bicyclic) bond motifs is 1. The minimum Gasteiger partial charge on any atom is -0.386 e. The van der Waals surface area contributed by atoms with Crippen LogP contribution in [-0.2, 0) is 0 Å². The molecule has 1 heterocycles. The molecule has 3 heteroatoms. The summed E-state index contributed by atoms with van der Waals surface area (Å²) in [6.07, 6.45) is 0. The minimum absolute atomic E-state index is 0.637. The molecule has 3 aromatic carbocycles. The molecule has 0 aliphatic carbocycles. The molecule has 0 radical (unpaired) electrons. The quantitative estimate of drug-likeness (QED) is 0.428. The number of halogens is 1. The zero-order chi connectivity index (χ0) is 17.2. The van der Waals surface area contributed by atoms with E-state index in [-0.39, 0.29) is 0 Å². The molecule has 0 N–H and O–H groups in total. The SMILES string of the molecule is Cc1ccc2nc(-c3ccc(-c4ccc(OCl)cc4)cc3)ccc2c1. The third-order valence-corrected chi connectivity index (χ3v) is 4.48. The van der Waals surface area contributed by atoms with Crippen LogP contribution in [0.25, 0.3) is 33.3 Å². The Bertz CT molecular complexity index is 1020. The molecule has 0 atom stereocenters. The second-order valence-corrected chi connectivity index (χ2v) is 6.23. The highest BCUT2D eigenvalue weighted by Gasteiger charge is 2.04. The largest absolute Gasteiger partial charge is 0.386 e. The summed E-state index contributed by atoms with van der Waals surface area (Å²) in [4.78, 5) is 4.78. The Labute approximate surface area is 151 Å². The van der Waals surface area contributed by atoms with Crippen LogP contribution in [0.5, 0.6) is 5.75 Å². The molecule has 0 saturated heterocycles. The van der Waals surface area contributed by atoms with Crippen molar-refractivity contribution in [3.05, 3.63) is 84.4 Å². The van der Waals surface area contributed by atoms with Crippen molar-refractivity contribution >= 4 is 22.8 Å². The van der Waals surface area contributed by atoms with E-state index in [1.165, 1.54) is 10.9 Å². The predicted octanol–water partition coefficient (Wildman–Crippen LogP) is 6.41. The summed E-state index contributed by atoms with van der Waals surface area (Å²) in [6.45, 7) is 2.10. The van der Waals surface area contributed by atoms with Crippen molar-refractivity contribution in [1.29, 1.82) is 0 Å². The van der Waals surface area contributed by atoms with Gasteiger partial charge in [0.05, 0.1) is 11.2 Å². The van der Waals surface area contributed by atoms with E-state index in [4.69, 9.17) is 16.9 Å². The Hall–Kier alpha value is -2.84. The zero-order valence-corrected chi connectivity index (χ0v) is 14.5. The van der Waals surface area contributed by atoms with Crippen LogP contribution < -0.4 is 4.29 Å². The normalized spacial score (nSPS) is 10.8. The lowest BCUT2D eigenvalue weighted by atomic mass is 10.0. The van der Waals surface area contributed by atoms with Gasteiger partial charge in [-0.05, 0) is 48.4 Å². The second-order valence-electron chi connectivity index (χ2n) is 6.07. The molecular weight excluding hydrogens is 330 g/mol. The van der Waals surface area contributed by atoms with Gasteiger partial charge in [0.1, 0.15) is 17.6 Å². The first-order valence-electron chi connectivity index (χ1n) is 8.10. The number of pyridine rings is 1. The number of aromatic nitrogens is 1. The summed E-state index contributed by atoms with van der Waals surface area (Å²) in [7, 11) is 0. The first-order chi connectivity index (χ1) is 12.2. The molecule has 4 aromatic rings. The molecule has 0 unspecified atom stereocenters. The summed E-state index contributed by atoms with van der Waals surface area (Å²) in [5.41, 5.74) is 6.61. The lowest BCUT2D eigenvalue weighted by Gasteiger charge is -2.07. The molecule has 25 heavy (non-hydrogen) atoms. The van der Waals surface area contributed by atoms with Gasteiger partial charge in [0, 0.05) is 10.9 Å². The Morgan fingerprint density at radius 1 is 0.720 bits per heavy atom. The van der Waals surface area contributed by atoms with E-state index in [2.05, 4.69) is 65.8 Å². The fourth-order valence-electron chi connectivity index (χ4n) is 2.94. The van der Waals surface area contributed by atoms with Crippen molar-refractivity contribution in [2.75, 3.05) is 0 Å². The molecule has 0 aliphatic heterocycles.